The van der Waals surface area contributed by atoms with Crippen LogP contribution in [0.3, 0.4) is 0 Å². The molecule has 0 aromatic heterocycles. The molecule has 0 bridgehead atoms. The molecule has 0 aliphatic carbocycles. The average molecular weight is 348 g/mol. The first kappa shape index (κ1) is 19.7. The molecule has 0 spiro atoms. The summed E-state index contributed by atoms with van der Waals surface area (Å²) in [7, 11) is 0. The highest BCUT2D eigenvalue weighted by Crippen LogP contribution is 2.21. The lowest BCUT2D eigenvalue weighted by molar-refractivity contribution is -0.139. The minimum atomic E-state index is -0.792. The summed E-state index contributed by atoms with van der Waals surface area (Å²) >= 11 is 0. The number of amides is 1. The van der Waals surface area contributed by atoms with E-state index in [2.05, 4.69) is 10.2 Å². The number of rotatable bonds is 10. The van der Waals surface area contributed by atoms with Crippen molar-refractivity contribution < 1.29 is 14.3 Å². The predicted octanol–water partition coefficient (Wildman–Crippen LogP) is 3.70. The third-order valence-electron chi connectivity index (χ3n) is 4.82. The van der Waals surface area contributed by atoms with Crippen molar-refractivity contribution in [1.29, 1.82) is 0 Å². The fraction of sp³-hybridized carbons (Fsp3) is 0.650. The van der Waals surface area contributed by atoms with Gasteiger partial charge in [-0.1, -0.05) is 6.92 Å². The van der Waals surface area contributed by atoms with Crippen LogP contribution in [0.2, 0.25) is 0 Å². The van der Waals surface area contributed by atoms with Crippen LogP contribution in [0.15, 0.2) is 24.3 Å². The molecular weight excluding hydrogens is 316 g/mol. The van der Waals surface area contributed by atoms with Gasteiger partial charge in [-0.05, 0) is 76.9 Å². The van der Waals surface area contributed by atoms with Crippen molar-refractivity contribution in [1.82, 2.24) is 4.90 Å². The molecule has 1 aromatic carbocycles. The quantitative estimate of drug-likeness (QED) is 0.655. The first-order valence-electron chi connectivity index (χ1n) is 9.48. The molecule has 5 nitrogen and oxygen atoms in total. The lowest BCUT2D eigenvalue weighted by atomic mass is 10.0. The van der Waals surface area contributed by atoms with Crippen molar-refractivity contribution in [2.24, 2.45) is 0 Å². The van der Waals surface area contributed by atoms with E-state index < -0.39 is 5.60 Å². The van der Waals surface area contributed by atoms with Crippen LogP contribution < -0.4 is 10.1 Å². The maximum atomic E-state index is 12.4. The molecule has 1 saturated heterocycles. The molecule has 1 unspecified atom stereocenters. The van der Waals surface area contributed by atoms with E-state index in [1.54, 1.807) is 0 Å². The van der Waals surface area contributed by atoms with Crippen LogP contribution in [0.4, 0.5) is 5.69 Å². The molecule has 0 radical (unpaired) electrons. The van der Waals surface area contributed by atoms with Gasteiger partial charge in [0.1, 0.15) is 11.4 Å². The van der Waals surface area contributed by atoms with Gasteiger partial charge in [-0.3, -0.25) is 4.79 Å². The number of nitrogens with zero attached hydrogens (tertiary/aromatic N) is 1. The fourth-order valence-corrected chi connectivity index (χ4v) is 3.03. The van der Waals surface area contributed by atoms with Gasteiger partial charge in [0.25, 0.3) is 5.91 Å². The molecule has 2 rings (SSSR count). The fourth-order valence-electron chi connectivity index (χ4n) is 3.03. The lowest BCUT2D eigenvalue weighted by Crippen LogP contribution is -2.42. The normalized spacial score (nSPS) is 17.2. The topological polar surface area (TPSA) is 50.8 Å². The first-order chi connectivity index (χ1) is 12.1. The van der Waals surface area contributed by atoms with Crippen LogP contribution in [0.5, 0.6) is 5.75 Å². The number of benzene rings is 1. The van der Waals surface area contributed by atoms with Gasteiger partial charge in [0, 0.05) is 18.8 Å². The van der Waals surface area contributed by atoms with Gasteiger partial charge in [0.15, 0.2) is 0 Å². The summed E-state index contributed by atoms with van der Waals surface area (Å²) < 4.78 is 11.4. The van der Waals surface area contributed by atoms with Crippen molar-refractivity contribution in [3.8, 4) is 5.75 Å². The third kappa shape index (κ3) is 6.01. The molecule has 5 heteroatoms. The highest BCUT2D eigenvalue weighted by Gasteiger charge is 2.31. The smallest absolute Gasteiger partial charge is 0.256 e. The van der Waals surface area contributed by atoms with Crippen LogP contribution in [0.1, 0.15) is 46.5 Å². The summed E-state index contributed by atoms with van der Waals surface area (Å²) in [6.45, 7) is 10.5. The zero-order valence-electron chi connectivity index (χ0n) is 15.8. The number of carbonyl (C=O) groups is 1. The van der Waals surface area contributed by atoms with Crippen LogP contribution in [-0.4, -0.2) is 49.3 Å². The van der Waals surface area contributed by atoms with Gasteiger partial charge in [-0.25, -0.2) is 0 Å². The standard InChI is InChI=1S/C20H32N2O3/c1-4-20(3,25-5-2)19(23)21-17-9-11-18(12-10-17)24-16-8-15-22-13-6-7-14-22/h9-12H,4-8,13-16H2,1-3H3,(H,21,23). The van der Waals surface area contributed by atoms with Gasteiger partial charge in [0.2, 0.25) is 0 Å². The largest absolute Gasteiger partial charge is 0.494 e. The summed E-state index contributed by atoms with van der Waals surface area (Å²) in [5.74, 6) is 0.721. The average Bonchev–Trinajstić information content (AvgIpc) is 3.13. The van der Waals surface area contributed by atoms with Crippen molar-refractivity contribution in [2.75, 3.05) is 38.2 Å². The van der Waals surface area contributed by atoms with E-state index in [9.17, 15) is 4.79 Å². The minimum absolute atomic E-state index is 0.115. The predicted molar refractivity (Wildman–Crippen MR) is 101 cm³/mol. The molecule has 1 heterocycles. The Morgan fingerprint density at radius 3 is 2.48 bits per heavy atom. The number of hydrogen-bond donors (Lipinski definition) is 1. The van der Waals surface area contributed by atoms with Crippen LogP contribution in [-0.2, 0) is 9.53 Å². The Labute approximate surface area is 151 Å². The van der Waals surface area contributed by atoms with Crippen LogP contribution in [0, 0.1) is 0 Å². The summed E-state index contributed by atoms with van der Waals surface area (Å²) in [5.41, 5.74) is -0.0340. The number of nitrogens with one attached hydrogen (secondary N) is 1. The van der Waals surface area contributed by atoms with E-state index in [0.29, 0.717) is 13.0 Å². The summed E-state index contributed by atoms with van der Waals surface area (Å²) in [5, 5.41) is 2.92. The lowest BCUT2D eigenvalue weighted by Gasteiger charge is -2.26. The highest BCUT2D eigenvalue weighted by molar-refractivity contribution is 5.97. The third-order valence-corrected chi connectivity index (χ3v) is 4.82. The number of anilines is 1. The molecular formula is C20H32N2O3. The van der Waals surface area contributed by atoms with E-state index in [-0.39, 0.29) is 5.91 Å². The second-order valence-corrected chi connectivity index (χ2v) is 6.75. The maximum Gasteiger partial charge on any atom is 0.256 e. The zero-order valence-corrected chi connectivity index (χ0v) is 15.8. The Morgan fingerprint density at radius 1 is 1.20 bits per heavy atom. The first-order valence-corrected chi connectivity index (χ1v) is 9.48. The van der Waals surface area contributed by atoms with E-state index >= 15 is 0 Å². The van der Waals surface area contributed by atoms with E-state index in [4.69, 9.17) is 9.47 Å². The number of ether oxygens (including phenoxy) is 2. The SMILES string of the molecule is CCOC(C)(CC)C(=O)Nc1ccc(OCCCN2CCCC2)cc1. The Hall–Kier alpha value is -1.59. The Morgan fingerprint density at radius 2 is 1.88 bits per heavy atom. The molecule has 1 aliphatic rings. The van der Waals surface area contributed by atoms with Gasteiger partial charge in [0.05, 0.1) is 6.61 Å². The monoisotopic (exact) mass is 348 g/mol. The molecule has 1 N–H and O–H groups in total. The van der Waals surface area contributed by atoms with Crippen LogP contribution in [0.25, 0.3) is 0 Å². The number of carbonyl (C=O) groups excluding carboxylic acids is 1. The summed E-state index contributed by atoms with van der Waals surface area (Å²) in [4.78, 5) is 14.9. The highest BCUT2D eigenvalue weighted by atomic mass is 16.5. The van der Waals surface area contributed by atoms with Crippen molar-refractivity contribution in [2.45, 2.75) is 52.1 Å². The molecule has 1 aromatic rings. The van der Waals surface area contributed by atoms with Gasteiger partial charge in [-0.15, -0.1) is 0 Å². The van der Waals surface area contributed by atoms with E-state index in [1.165, 1.54) is 25.9 Å². The zero-order chi connectivity index (χ0) is 18.1. The summed E-state index contributed by atoms with van der Waals surface area (Å²) in [6.07, 6.45) is 4.33. The second-order valence-electron chi connectivity index (χ2n) is 6.75. The molecule has 1 amide bonds. The van der Waals surface area contributed by atoms with Gasteiger partial charge < -0.3 is 19.7 Å². The van der Waals surface area contributed by atoms with Crippen molar-refractivity contribution in [3.05, 3.63) is 24.3 Å². The van der Waals surface area contributed by atoms with Crippen molar-refractivity contribution in [3.63, 3.8) is 0 Å². The maximum absolute atomic E-state index is 12.4. The minimum Gasteiger partial charge on any atom is -0.494 e. The van der Waals surface area contributed by atoms with Crippen molar-refractivity contribution >= 4 is 11.6 Å². The van der Waals surface area contributed by atoms with E-state index in [0.717, 1.165) is 31.0 Å². The van der Waals surface area contributed by atoms with E-state index in [1.807, 2.05) is 45.0 Å². The Bertz CT molecular complexity index is 526. The second kappa shape index (κ2) is 9.78. The number of likely N-dealkylation sites (tertiary alicyclic amines) is 1. The van der Waals surface area contributed by atoms with Gasteiger partial charge in [-0.2, -0.15) is 0 Å². The molecule has 1 fully saturated rings. The molecule has 140 valence electrons. The molecule has 25 heavy (non-hydrogen) atoms. The molecule has 0 saturated carbocycles. The van der Waals surface area contributed by atoms with Crippen LogP contribution >= 0.6 is 0 Å². The molecule has 1 aliphatic heterocycles. The summed E-state index contributed by atoms with van der Waals surface area (Å²) in [6, 6.07) is 7.54. The number of hydrogen-bond acceptors (Lipinski definition) is 4. The Kier molecular flexibility index (Phi) is 7.72. The van der Waals surface area contributed by atoms with Gasteiger partial charge >= 0.3 is 0 Å². The Balaban J connectivity index is 1.75. The molecule has 1 atom stereocenters.